The van der Waals surface area contributed by atoms with E-state index in [9.17, 15) is 4.79 Å². The van der Waals surface area contributed by atoms with Crippen LogP contribution in [0.4, 0.5) is 5.69 Å². The van der Waals surface area contributed by atoms with Gasteiger partial charge in [-0.05, 0) is 55.3 Å². The van der Waals surface area contributed by atoms with E-state index in [1.165, 1.54) is 0 Å². The van der Waals surface area contributed by atoms with Gasteiger partial charge in [-0.2, -0.15) is 0 Å². The van der Waals surface area contributed by atoms with E-state index in [0.29, 0.717) is 18.6 Å². The predicted octanol–water partition coefficient (Wildman–Crippen LogP) is 2.87. The number of carbonyl (C=O) groups excluding carboxylic acids is 1. The molecule has 0 aliphatic rings. The molecule has 2 rings (SSSR count). The first-order valence-electron chi connectivity index (χ1n) is 6.97. The second kappa shape index (κ2) is 7.45. The van der Waals surface area contributed by atoms with Crippen molar-refractivity contribution in [1.29, 1.82) is 0 Å². The Morgan fingerprint density at radius 1 is 1.10 bits per heavy atom. The Morgan fingerprint density at radius 2 is 1.76 bits per heavy atom. The monoisotopic (exact) mass is 285 g/mol. The lowest BCUT2D eigenvalue weighted by atomic mass is 10.1. The number of anilines is 1. The molecule has 110 valence electrons. The van der Waals surface area contributed by atoms with Crippen LogP contribution >= 0.6 is 0 Å². The summed E-state index contributed by atoms with van der Waals surface area (Å²) in [4.78, 5) is 12.1. The largest absolute Gasteiger partial charge is 0.494 e. The van der Waals surface area contributed by atoms with Gasteiger partial charge in [0.25, 0.3) is 5.91 Å². The van der Waals surface area contributed by atoms with Crippen molar-refractivity contribution in [1.82, 2.24) is 0 Å². The summed E-state index contributed by atoms with van der Waals surface area (Å²) in [5.41, 5.74) is 2.35. The molecule has 0 spiro atoms. The fourth-order valence-electron chi connectivity index (χ4n) is 1.96. The predicted molar refractivity (Wildman–Crippen MR) is 82.8 cm³/mol. The first-order valence-corrected chi connectivity index (χ1v) is 6.97. The molecule has 0 aliphatic carbocycles. The normalized spacial score (nSPS) is 10.2. The molecule has 0 aromatic heterocycles. The number of benzene rings is 2. The van der Waals surface area contributed by atoms with Crippen molar-refractivity contribution < 1.29 is 14.6 Å². The molecule has 2 aromatic carbocycles. The van der Waals surface area contributed by atoms with Crippen LogP contribution in [-0.2, 0) is 6.42 Å². The zero-order valence-electron chi connectivity index (χ0n) is 12.0. The van der Waals surface area contributed by atoms with E-state index in [2.05, 4.69) is 5.32 Å². The van der Waals surface area contributed by atoms with E-state index in [1.54, 1.807) is 24.3 Å². The third kappa shape index (κ3) is 4.33. The van der Waals surface area contributed by atoms with Gasteiger partial charge in [0, 0.05) is 17.9 Å². The molecule has 2 N–H and O–H groups in total. The molecule has 0 bridgehead atoms. The van der Waals surface area contributed by atoms with Crippen LogP contribution in [0.1, 0.15) is 22.8 Å². The molecule has 0 heterocycles. The summed E-state index contributed by atoms with van der Waals surface area (Å²) in [6.45, 7) is 2.64. The molecule has 1 amide bonds. The summed E-state index contributed by atoms with van der Waals surface area (Å²) in [5.74, 6) is 0.593. The Labute approximate surface area is 124 Å². The van der Waals surface area contributed by atoms with Crippen LogP contribution in [0.5, 0.6) is 5.75 Å². The van der Waals surface area contributed by atoms with Crippen LogP contribution in [0, 0.1) is 0 Å². The lowest BCUT2D eigenvalue weighted by molar-refractivity contribution is 0.102. The van der Waals surface area contributed by atoms with Crippen LogP contribution in [0.15, 0.2) is 48.5 Å². The summed E-state index contributed by atoms with van der Waals surface area (Å²) in [6, 6.07) is 14.5. The number of nitrogens with one attached hydrogen (secondary N) is 1. The average Bonchev–Trinajstić information content (AvgIpc) is 2.50. The molecule has 0 saturated carbocycles. The topological polar surface area (TPSA) is 58.6 Å². The van der Waals surface area contributed by atoms with Crippen LogP contribution < -0.4 is 10.1 Å². The van der Waals surface area contributed by atoms with Gasteiger partial charge < -0.3 is 15.2 Å². The van der Waals surface area contributed by atoms with Gasteiger partial charge in [0.2, 0.25) is 0 Å². The van der Waals surface area contributed by atoms with Gasteiger partial charge in [-0.1, -0.05) is 12.1 Å². The van der Waals surface area contributed by atoms with E-state index in [4.69, 9.17) is 9.84 Å². The van der Waals surface area contributed by atoms with E-state index < -0.39 is 0 Å². The summed E-state index contributed by atoms with van der Waals surface area (Å²) in [5, 5.41) is 11.7. The molecule has 21 heavy (non-hydrogen) atoms. The Hall–Kier alpha value is -2.33. The summed E-state index contributed by atoms with van der Waals surface area (Å²) >= 11 is 0. The smallest absolute Gasteiger partial charge is 0.255 e. The average molecular weight is 285 g/mol. The molecule has 0 radical (unpaired) electrons. The molecule has 0 atom stereocenters. The minimum Gasteiger partial charge on any atom is -0.494 e. The number of rotatable bonds is 6. The van der Waals surface area contributed by atoms with Gasteiger partial charge in [-0.25, -0.2) is 0 Å². The summed E-state index contributed by atoms with van der Waals surface area (Å²) < 4.78 is 5.34. The van der Waals surface area contributed by atoms with Gasteiger partial charge in [0.1, 0.15) is 5.75 Å². The third-order valence-electron chi connectivity index (χ3n) is 3.04. The second-order valence-electron chi connectivity index (χ2n) is 4.58. The molecular formula is C17H19NO3. The zero-order valence-corrected chi connectivity index (χ0v) is 12.0. The maximum absolute atomic E-state index is 12.1. The SMILES string of the molecule is CCOc1ccc(C(=O)Nc2ccc(CCO)cc2)cc1. The van der Waals surface area contributed by atoms with Crippen molar-refractivity contribution in [2.45, 2.75) is 13.3 Å². The van der Waals surface area contributed by atoms with Crippen molar-refractivity contribution in [3.05, 3.63) is 59.7 Å². The molecule has 0 fully saturated rings. The molecule has 4 heteroatoms. The van der Waals surface area contributed by atoms with Crippen molar-refractivity contribution in [3.63, 3.8) is 0 Å². The quantitative estimate of drug-likeness (QED) is 0.858. The lowest BCUT2D eigenvalue weighted by Gasteiger charge is -2.07. The maximum Gasteiger partial charge on any atom is 0.255 e. The Bertz CT molecular complexity index is 576. The highest BCUT2D eigenvalue weighted by atomic mass is 16.5. The number of amides is 1. The molecule has 4 nitrogen and oxygen atoms in total. The standard InChI is InChI=1S/C17H19NO3/c1-2-21-16-9-5-14(6-10-16)17(20)18-15-7-3-13(4-8-15)11-12-19/h3-10,19H,2,11-12H2,1H3,(H,18,20). The first-order chi connectivity index (χ1) is 10.2. The van der Waals surface area contributed by atoms with Gasteiger partial charge >= 0.3 is 0 Å². The highest BCUT2D eigenvalue weighted by Crippen LogP contribution is 2.15. The van der Waals surface area contributed by atoms with E-state index in [-0.39, 0.29) is 12.5 Å². The highest BCUT2D eigenvalue weighted by Gasteiger charge is 2.06. The van der Waals surface area contributed by atoms with Crippen LogP contribution in [0.3, 0.4) is 0 Å². The van der Waals surface area contributed by atoms with Crippen molar-refractivity contribution >= 4 is 11.6 Å². The minimum atomic E-state index is -0.159. The van der Waals surface area contributed by atoms with Crippen molar-refractivity contribution in [2.75, 3.05) is 18.5 Å². The molecule has 0 aliphatic heterocycles. The van der Waals surface area contributed by atoms with Crippen molar-refractivity contribution in [2.24, 2.45) is 0 Å². The van der Waals surface area contributed by atoms with Crippen LogP contribution in [0.2, 0.25) is 0 Å². The van der Waals surface area contributed by atoms with Gasteiger partial charge in [0.15, 0.2) is 0 Å². The van der Waals surface area contributed by atoms with Gasteiger partial charge in [-0.15, -0.1) is 0 Å². The Balaban J connectivity index is 2.00. The van der Waals surface area contributed by atoms with E-state index in [0.717, 1.165) is 17.0 Å². The van der Waals surface area contributed by atoms with E-state index >= 15 is 0 Å². The fourth-order valence-corrected chi connectivity index (χ4v) is 1.96. The number of aliphatic hydroxyl groups is 1. The molecular weight excluding hydrogens is 266 g/mol. The second-order valence-corrected chi connectivity index (χ2v) is 4.58. The minimum absolute atomic E-state index is 0.123. The first kappa shape index (κ1) is 15.1. The number of carbonyl (C=O) groups is 1. The number of hydrogen-bond donors (Lipinski definition) is 2. The zero-order chi connectivity index (χ0) is 15.1. The van der Waals surface area contributed by atoms with Crippen LogP contribution in [0.25, 0.3) is 0 Å². The van der Waals surface area contributed by atoms with Crippen LogP contribution in [-0.4, -0.2) is 24.2 Å². The number of ether oxygens (including phenoxy) is 1. The molecule has 0 unspecified atom stereocenters. The number of hydrogen-bond acceptors (Lipinski definition) is 3. The third-order valence-corrected chi connectivity index (χ3v) is 3.04. The number of aliphatic hydroxyl groups excluding tert-OH is 1. The molecule has 2 aromatic rings. The Morgan fingerprint density at radius 3 is 2.33 bits per heavy atom. The van der Waals surface area contributed by atoms with E-state index in [1.807, 2.05) is 31.2 Å². The maximum atomic E-state index is 12.1. The fraction of sp³-hybridized carbons (Fsp3) is 0.235. The summed E-state index contributed by atoms with van der Waals surface area (Å²) in [7, 11) is 0. The lowest BCUT2D eigenvalue weighted by Crippen LogP contribution is -2.11. The highest BCUT2D eigenvalue weighted by molar-refractivity contribution is 6.04. The van der Waals surface area contributed by atoms with Crippen molar-refractivity contribution in [3.8, 4) is 5.75 Å². The van der Waals surface area contributed by atoms with Gasteiger partial charge in [-0.3, -0.25) is 4.79 Å². The molecule has 0 saturated heterocycles. The summed E-state index contributed by atoms with van der Waals surface area (Å²) in [6.07, 6.45) is 0.618. The van der Waals surface area contributed by atoms with Gasteiger partial charge in [0.05, 0.1) is 6.61 Å². The Kier molecular flexibility index (Phi) is 5.35.